The van der Waals surface area contributed by atoms with E-state index < -0.39 is 0 Å². The van der Waals surface area contributed by atoms with Crippen LogP contribution in [0.1, 0.15) is 0 Å². The Labute approximate surface area is 47.3 Å². The van der Waals surface area contributed by atoms with Crippen LogP contribution in [-0.4, -0.2) is 18.8 Å². The second kappa shape index (κ2) is 2.58. The van der Waals surface area contributed by atoms with E-state index in [-0.39, 0.29) is 18.3 Å². The Kier molecular flexibility index (Phi) is 2.37. The summed E-state index contributed by atoms with van der Waals surface area (Å²) in [6.07, 6.45) is 1.28. The average molecular weight is 121 g/mol. The average Bonchev–Trinajstić information content (AvgIpc) is 1.86. The van der Waals surface area contributed by atoms with Gasteiger partial charge in [0.15, 0.2) is 6.40 Å². The molecule has 0 bridgehead atoms. The molecule has 0 aromatic carbocycles. The highest BCUT2D eigenvalue weighted by Crippen LogP contribution is 1.83. The van der Waals surface area contributed by atoms with Gasteiger partial charge in [0.05, 0.1) is 0 Å². The molecular weight excluding hydrogens is 115 g/mol. The van der Waals surface area contributed by atoms with Crippen LogP contribution in [0.5, 0.6) is 0 Å². The van der Waals surface area contributed by atoms with E-state index in [0.29, 0.717) is 6.54 Å². The second-order valence-corrected chi connectivity index (χ2v) is 0.987. The highest BCUT2D eigenvalue weighted by atomic mass is 35.5. The maximum Gasteiger partial charge on any atom is 0.210 e. The van der Waals surface area contributed by atoms with Crippen LogP contribution < -0.4 is 0 Å². The Hall–Kier alpha value is -0.570. The standard InChI is InChI=1S/C3H4N2O.ClH/c4-3-1-5-2-6-3;/h2,4H,1H2;1H. The Morgan fingerprint density at radius 2 is 2.57 bits per heavy atom. The van der Waals surface area contributed by atoms with Crippen LogP contribution in [0.3, 0.4) is 0 Å². The Morgan fingerprint density at radius 1 is 1.86 bits per heavy atom. The summed E-state index contributed by atoms with van der Waals surface area (Å²) in [5.41, 5.74) is 0. The van der Waals surface area contributed by atoms with Gasteiger partial charge in [-0.2, -0.15) is 0 Å². The molecule has 0 aromatic heterocycles. The summed E-state index contributed by atoms with van der Waals surface area (Å²) in [6.45, 7) is 0.417. The van der Waals surface area contributed by atoms with Gasteiger partial charge in [-0.3, -0.25) is 5.41 Å². The molecular formula is C3H5ClN2O. The molecule has 1 heterocycles. The highest BCUT2D eigenvalue weighted by molar-refractivity contribution is 5.86. The van der Waals surface area contributed by atoms with Crippen molar-refractivity contribution in [3.63, 3.8) is 0 Å². The summed E-state index contributed by atoms with van der Waals surface area (Å²) in [4.78, 5) is 3.59. The van der Waals surface area contributed by atoms with E-state index in [2.05, 4.69) is 9.73 Å². The van der Waals surface area contributed by atoms with Crippen molar-refractivity contribution in [1.82, 2.24) is 0 Å². The first-order valence-electron chi connectivity index (χ1n) is 1.62. The second-order valence-electron chi connectivity index (χ2n) is 0.987. The van der Waals surface area contributed by atoms with E-state index in [4.69, 9.17) is 5.41 Å². The summed E-state index contributed by atoms with van der Waals surface area (Å²) >= 11 is 0. The minimum atomic E-state index is 0. The fourth-order valence-electron chi connectivity index (χ4n) is 0.258. The quantitative estimate of drug-likeness (QED) is 0.496. The molecule has 0 saturated heterocycles. The summed E-state index contributed by atoms with van der Waals surface area (Å²) in [6, 6.07) is 0. The Morgan fingerprint density at radius 3 is 2.71 bits per heavy atom. The number of nitrogens with zero attached hydrogens (tertiary/aromatic N) is 1. The fourth-order valence-corrected chi connectivity index (χ4v) is 0.258. The number of halogens is 1. The number of nitrogens with one attached hydrogen (secondary N) is 1. The molecule has 0 atom stereocenters. The molecule has 7 heavy (non-hydrogen) atoms. The van der Waals surface area contributed by atoms with E-state index >= 15 is 0 Å². The lowest BCUT2D eigenvalue weighted by molar-refractivity contribution is 0.577. The summed E-state index contributed by atoms with van der Waals surface area (Å²) in [5, 5.41) is 6.70. The molecule has 0 unspecified atom stereocenters. The minimum Gasteiger partial charge on any atom is -0.430 e. The molecule has 40 valence electrons. The topological polar surface area (TPSA) is 45.4 Å². The van der Waals surface area contributed by atoms with Crippen LogP contribution in [-0.2, 0) is 4.74 Å². The maximum atomic E-state index is 6.70. The molecule has 0 aromatic rings. The maximum absolute atomic E-state index is 6.70. The molecule has 3 nitrogen and oxygen atoms in total. The van der Waals surface area contributed by atoms with E-state index in [1.807, 2.05) is 0 Å². The van der Waals surface area contributed by atoms with E-state index in [1.165, 1.54) is 6.40 Å². The predicted molar refractivity (Wildman–Crippen MR) is 29.4 cm³/mol. The molecule has 0 radical (unpaired) electrons. The van der Waals surface area contributed by atoms with Crippen molar-refractivity contribution in [1.29, 1.82) is 5.41 Å². The summed E-state index contributed by atoms with van der Waals surface area (Å²) in [5.74, 6) is 0.231. The zero-order chi connectivity index (χ0) is 4.41. The van der Waals surface area contributed by atoms with E-state index in [9.17, 15) is 0 Å². The molecule has 0 aliphatic carbocycles. The third-order valence-corrected chi connectivity index (χ3v) is 0.504. The summed E-state index contributed by atoms with van der Waals surface area (Å²) in [7, 11) is 0. The van der Waals surface area contributed by atoms with Gasteiger partial charge < -0.3 is 4.74 Å². The van der Waals surface area contributed by atoms with E-state index in [1.54, 1.807) is 0 Å². The van der Waals surface area contributed by atoms with Crippen LogP contribution in [0.15, 0.2) is 4.99 Å². The first-order valence-corrected chi connectivity index (χ1v) is 1.62. The Balaban J connectivity index is 0.000000360. The normalized spacial score (nSPS) is 15.7. The lowest BCUT2D eigenvalue weighted by Crippen LogP contribution is -1.94. The van der Waals surface area contributed by atoms with Gasteiger partial charge in [-0.15, -0.1) is 12.4 Å². The van der Waals surface area contributed by atoms with Crippen molar-refractivity contribution in [2.45, 2.75) is 0 Å². The van der Waals surface area contributed by atoms with Crippen LogP contribution in [0.2, 0.25) is 0 Å². The van der Waals surface area contributed by atoms with Gasteiger partial charge in [0.1, 0.15) is 6.54 Å². The van der Waals surface area contributed by atoms with Crippen molar-refractivity contribution < 1.29 is 4.74 Å². The number of aliphatic imine (C=N–C) groups is 1. The molecule has 1 rings (SSSR count). The Bertz CT molecular complexity index is 91.1. The van der Waals surface area contributed by atoms with Gasteiger partial charge in [0.2, 0.25) is 5.90 Å². The van der Waals surface area contributed by atoms with Crippen molar-refractivity contribution in [2.75, 3.05) is 6.54 Å². The number of hydrogen-bond acceptors (Lipinski definition) is 3. The number of hydrogen-bond donors (Lipinski definition) is 1. The van der Waals surface area contributed by atoms with Gasteiger partial charge >= 0.3 is 0 Å². The van der Waals surface area contributed by atoms with Crippen molar-refractivity contribution in [3.8, 4) is 0 Å². The molecule has 1 aliphatic rings. The fraction of sp³-hybridized carbons (Fsp3) is 0.333. The van der Waals surface area contributed by atoms with Crippen LogP contribution >= 0.6 is 12.4 Å². The van der Waals surface area contributed by atoms with Gasteiger partial charge in [-0.05, 0) is 0 Å². The summed E-state index contributed by atoms with van der Waals surface area (Å²) < 4.78 is 4.44. The zero-order valence-corrected chi connectivity index (χ0v) is 4.36. The zero-order valence-electron chi connectivity index (χ0n) is 3.55. The molecule has 0 spiro atoms. The first-order chi connectivity index (χ1) is 2.89. The van der Waals surface area contributed by atoms with Gasteiger partial charge in [-0.1, -0.05) is 0 Å². The first kappa shape index (κ1) is 6.43. The lowest BCUT2D eigenvalue weighted by Gasteiger charge is -1.80. The molecule has 0 amide bonds. The molecule has 1 N–H and O–H groups in total. The van der Waals surface area contributed by atoms with Crippen LogP contribution in [0.25, 0.3) is 0 Å². The van der Waals surface area contributed by atoms with Gasteiger partial charge in [-0.25, -0.2) is 4.99 Å². The van der Waals surface area contributed by atoms with Gasteiger partial charge in [0.25, 0.3) is 0 Å². The molecule has 0 fully saturated rings. The van der Waals surface area contributed by atoms with Crippen molar-refractivity contribution in [3.05, 3.63) is 0 Å². The number of ether oxygens (including phenoxy) is 1. The largest absolute Gasteiger partial charge is 0.430 e. The smallest absolute Gasteiger partial charge is 0.210 e. The SMILES string of the molecule is Cl.N=C1CN=CO1. The van der Waals surface area contributed by atoms with Crippen molar-refractivity contribution in [2.24, 2.45) is 4.99 Å². The van der Waals surface area contributed by atoms with Crippen LogP contribution in [0, 0.1) is 5.41 Å². The van der Waals surface area contributed by atoms with Gasteiger partial charge in [0, 0.05) is 0 Å². The molecule has 1 aliphatic heterocycles. The number of rotatable bonds is 0. The monoisotopic (exact) mass is 120 g/mol. The highest BCUT2D eigenvalue weighted by Gasteiger charge is 1.97. The third-order valence-electron chi connectivity index (χ3n) is 0.504. The van der Waals surface area contributed by atoms with E-state index in [0.717, 1.165) is 0 Å². The predicted octanol–water partition coefficient (Wildman–Crippen LogP) is 0.444. The minimum absolute atomic E-state index is 0. The molecule has 0 saturated carbocycles. The molecule has 4 heteroatoms. The third kappa shape index (κ3) is 1.55. The van der Waals surface area contributed by atoms with Crippen LogP contribution in [0.4, 0.5) is 0 Å². The van der Waals surface area contributed by atoms with Crippen molar-refractivity contribution >= 4 is 24.7 Å². The lowest BCUT2D eigenvalue weighted by atomic mass is 10.7.